The van der Waals surface area contributed by atoms with Gasteiger partial charge in [-0.05, 0) is 17.4 Å². The van der Waals surface area contributed by atoms with E-state index in [-0.39, 0.29) is 0 Å². The Balaban J connectivity index is 2.38. The maximum absolute atomic E-state index is 2.46. The fourth-order valence-electron chi connectivity index (χ4n) is 2.47. The van der Waals surface area contributed by atoms with E-state index >= 15 is 0 Å². The molecule has 0 saturated heterocycles. The largest absolute Gasteiger partial charge is 0.0654 e. The Morgan fingerprint density at radius 2 is 2.09 bits per heavy atom. The van der Waals surface area contributed by atoms with E-state index in [1.807, 2.05) is 0 Å². The predicted octanol–water partition coefficient (Wildman–Crippen LogP) is 2.38. The first-order valence-corrected chi connectivity index (χ1v) is 6.41. The minimum absolute atomic E-state index is 1.05. The third-order valence-corrected chi connectivity index (χ3v) is 5.62. The molecule has 0 aromatic rings. The molecule has 1 heteroatoms. The number of hydrogen-bond acceptors (Lipinski definition) is 0. The van der Waals surface area contributed by atoms with Gasteiger partial charge in [0.2, 0.25) is 0 Å². The van der Waals surface area contributed by atoms with Crippen molar-refractivity contribution in [2.24, 2.45) is 11.8 Å². The van der Waals surface area contributed by atoms with E-state index in [2.05, 4.69) is 13.8 Å². The highest BCUT2D eigenvalue weighted by molar-refractivity contribution is 6.12. The van der Waals surface area contributed by atoms with E-state index < -0.39 is 0 Å². The smallest absolute Gasteiger partial charge is 0.00742 e. The molecule has 3 unspecified atom stereocenters. The molecule has 0 heterocycles. The normalized spacial score (nSPS) is 39.3. The summed E-state index contributed by atoms with van der Waals surface area (Å²) in [4.78, 5) is 0. The second-order valence-electron chi connectivity index (χ2n) is 4.32. The van der Waals surface area contributed by atoms with Crippen LogP contribution in [0.25, 0.3) is 0 Å². The minimum Gasteiger partial charge on any atom is -0.0654 e. The summed E-state index contributed by atoms with van der Waals surface area (Å²) in [6, 6.07) is 0. The van der Waals surface area contributed by atoms with Crippen molar-refractivity contribution in [1.82, 2.24) is 0 Å². The van der Waals surface area contributed by atoms with Crippen molar-refractivity contribution in [2.75, 3.05) is 0 Å². The van der Waals surface area contributed by atoms with Crippen molar-refractivity contribution in [2.45, 2.75) is 51.5 Å². The van der Waals surface area contributed by atoms with Gasteiger partial charge in [0.1, 0.15) is 0 Å². The quantitative estimate of drug-likeness (QED) is 0.558. The lowest BCUT2D eigenvalue weighted by atomic mass is 9.79. The first-order valence-electron chi connectivity index (χ1n) is 5.25. The molecule has 1 rings (SSSR count). The van der Waals surface area contributed by atoms with E-state index in [0.717, 1.165) is 17.4 Å². The molecule has 0 radical (unpaired) electrons. The fourth-order valence-corrected chi connectivity index (χ4v) is 3.47. The first-order chi connectivity index (χ1) is 5.25. The maximum atomic E-state index is 2.46. The van der Waals surface area contributed by atoms with Crippen LogP contribution in [-0.4, -0.2) is 10.2 Å². The average molecular weight is 170 g/mol. The van der Waals surface area contributed by atoms with Crippen molar-refractivity contribution in [3.63, 3.8) is 0 Å². The van der Waals surface area contributed by atoms with Crippen LogP contribution in [0.2, 0.25) is 5.54 Å². The monoisotopic (exact) mass is 170 g/mol. The lowest BCUT2D eigenvalue weighted by Gasteiger charge is -2.34. The highest BCUT2D eigenvalue weighted by Gasteiger charge is 2.25. The van der Waals surface area contributed by atoms with Crippen molar-refractivity contribution < 1.29 is 0 Å². The van der Waals surface area contributed by atoms with Crippen LogP contribution in [0.1, 0.15) is 46.0 Å². The van der Waals surface area contributed by atoms with Gasteiger partial charge in [0.05, 0.1) is 0 Å². The Kier molecular flexibility index (Phi) is 3.63. The van der Waals surface area contributed by atoms with Crippen LogP contribution < -0.4 is 0 Å². The molecule has 1 aliphatic carbocycles. The molecule has 0 aromatic carbocycles. The Labute approximate surface area is 74.2 Å². The van der Waals surface area contributed by atoms with Crippen LogP contribution in [-0.2, 0) is 0 Å². The summed E-state index contributed by atoms with van der Waals surface area (Å²) in [6.07, 6.45) is 7.44. The van der Waals surface area contributed by atoms with Gasteiger partial charge in [-0.1, -0.05) is 46.0 Å². The van der Waals surface area contributed by atoms with Crippen LogP contribution in [0.4, 0.5) is 0 Å². The maximum Gasteiger partial charge on any atom is 0.00742 e. The van der Waals surface area contributed by atoms with Crippen molar-refractivity contribution in [3.8, 4) is 0 Å². The van der Waals surface area contributed by atoms with E-state index in [9.17, 15) is 0 Å². The van der Waals surface area contributed by atoms with Gasteiger partial charge in [0, 0.05) is 10.2 Å². The Morgan fingerprint density at radius 1 is 1.36 bits per heavy atom. The fraction of sp³-hybridized carbons (Fsp3) is 1.00. The van der Waals surface area contributed by atoms with Gasteiger partial charge in [0.25, 0.3) is 0 Å². The SMILES string of the molecule is CCCC1CCCC(C)C1[SiH3]. The molecule has 0 nitrogen and oxygen atoms in total. The third-order valence-electron chi connectivity index (χ3n) is 3.53. The predicted molar refractivity (Wildman–Crippen MR) is 55.1 cm³/mol. The Hall–Kier alpha value is 0.217. The van der Waals surface area contributed by atoms with Gasteiger partial charge in [-0.15, -0.1) is 0 Å². The lowest BCUT2D eigenvalue weighted by Crippen LogP contribution is -2.21. The standard InChI is InChI=1S/C10H22Si/c1-3-5-9-7-4-6-8(2)10(9)11/h8-10H,3-7H2,1-2,11H3. The van der Waals surface area contributed by atoms with Crippen LogP contribution in [0.15, 0.2) is 0 Å². The van der Waals surface area contributed by atoms with E-state index in [0.29, 0.717) is 0 Å². The van der Waals surface area contributed by atoms with Gasteiger partial charge in [-0.25, -0.2) is 0 Å². The molecule has 66 valence electrons. The molecule has 1 aliphatic rings. The summed E-state index contributed by atoms with van der Waals surface area (Å²) >= 11 is 0. The van der Waals surface area contributed by atoms with Crippen LogP contribution in [0, 0.1) is 11.8 Å². The summed E-state index contributed by atoms with van der Waals surface area (Å²) in [5.41, 5.74) is 1.13. The second kappa shape index (κ2) is 4.29. The highest BCUT2D eigenvalue weighted by Crippen LogP contribution is 2.39. The molecule has 0 amide bonds. The van der Waals surface area contributed by atoms with Crippen LogP contribution >= 0.6 is 0 Å². The average Bonchev–Trinajstić information content (AvgIpc) is 1.99. The van der Waals surface area contributed by atoms with Crippen LogP contribution in [0.3, 0.4) is 0 Å². The van der Waals surface area contributed by atoms with Gasteiger partial charge >= 0.3 is 0 Å². The van der Waals surface area contributed by atoms with Crippen molar-refractivity contribution in [3.05, 3.63) is 0 Å². The van der Waals surface area contributed by atoms with E-state index in [1.165, 1.54) is 42.3 Å². The Morgan fingerprint density at radius 3 is 2.73 bits per heavy atom. The molecule has 1 saturated carbocycles. The van der Waals surface area contributed by atoms with E-state index in [1.54, 1.807) is 0 Å². The molecule has 1 fully saturated rings. The lowest BCUT2D eigenvalue weighted by molar-refractivity contribution is 0.269. The molecule has 0 bridgehead atoms. The minimum atomic E-state index is 1.05. The van der Waals surface area contributed by atoms with Crippen molar-refractivity contribution in [1.29, 1.82) is 0 Å². The molecule has 0 aromatic heterocycles. The zero-order chi connectivity index (χ0) is 8.27. The molecule has 0 N–H and O–H groups in total. The van der Waals surface area contributed by atoms with E-state index in [4.69, 9.17) is 0 Å². The highest BCUT2D eigenvalue weighted by atomic mass is 28.1. The second-order valence-corrected chi connectivity index (χ2v) is 5.65. The topological polar surface area (TPSA) is 0 Å². The van der Waals surface area contributed by atoms with Crippen LogP contribution in [0.5, 0.6) is 0 Å². The van der Waals surface area contributed by atoms with Gasteiger partial charge in [-0.3, -0.25) is 0 Å². The molecule has 11 heavy (non-hydrogen) atoms. The number of rotatable bonds is 2. The summed E-state index contributed by atoms with van der Waals surface area (Å²) in [5.74, 6) is 2.15. The summed E-state index contributed by atoms with van der Waals surface area (Å²) in [6.45, 7) is 4.78. The molecule has 0 aliphatic heterocycles. The van der Waals surface area contributed by atoms with Gasteiger partial charge in [-0.2, -0.15) is 0 Å². The van der Waals surface area contributed by atoms with Gasteiger partial charge in [0.15, 0.2) is 0 Å². The van der Waals surface area contributed by atoms with Crippen molar-refractivity contribution >= 4 is 10.2 Å². The summed E-state index contributed by atoms with van der Waals surface area (Å²) in [5, 5.41) is 0. The number of hydrogen-bond donors (Lipinski definition) is 0. The first kappa shape index (κ1) is 9.31. The molecule has 0 spiro atoms. The zero-order valence-corrected chi connectivity index (χ0v) is 10.3. The van der Waals surface area contributed by atoms with Gasteiger partial charge < -0.3 is 0 Å². The molecular formula is C10H22Si. The third kappa shape index (κ3) is 2.33. The summed E-state index contributed by atoms with van der Waals surface area (Å²) < 4.78 is 0. The Bertz CT molecular complexity index is 109. The molecule has 3 atom stereocenters. The molecular weight excluding hydrogens is 148 g/mol. The summed E-state index contributed by atoms with van der Waals surface area (Å²) in [7, 11) is 1.43. The zero-order valence-electron chi connectivity index (χ0n) is 8.27.